The second kappa shape index (κ2) is 5.54. The first kappa shape index (κ1) is 16.3. The molecular weight excluding hydrogens is 330 g/mol. The van der Waals surface area contributed by atoms with Gasteiger partial charge >= 0.3 is 0 Å². The van der Waals surface area contributed by atoms with Crippen molar-refractivity contribution in [3.8, 4) is 5.75 Å². The highest BCUT2D eigenvalue weighted by atomic mass is 16.7. The van der Waals surface area contributed by atoms with Crippen molar-refractivity contribution in [1.82, 2.24) is 4.90 Å². The molecule has 5 atom stereocenters. The molecule has 0 unspecified atom stereocenters. The highest BCUT2D eigenvalue weighted by molar-refractivity contribution is 5.35. The molecule has 3 saturated heterocycles. The van der Waals surface area contributed by atoms with E-state index in [0.717, 1.165) is 16.9 Å². The first-order valence-corrected chi connectivity index (χ1v) is 9.01. The summed E-state index contributed by atoms with van der Waals surface area (Å²) in [5.74, 6) is 0.816. The predicted molar refractivity (Wildman–Crippen MR) is 95.5 cm³/mol. The summed E-state index contributed by atoms with van der Waals surface area (Å²) in [6.45, 7) is 4.75. The molecular formula is C21H23NO4. The van der Waals surface area contributed by atoms with E-state index < -0.39 is 11.2 Å². The van der Waals surface area contributed by atoms with Gasteiger partial charge in [-0.05, 0) is 37.1 Å². The van der Waals surface area contributed by atoms with Crippen LogP contribution >= 0.6 is 0 Å². The molecule has 0 saturated carbocycles. The smallest absolute Gasteiger partial charge is 0.149 e. The largest absolute Gasteiger partial charge is 0.497 e. The van der Waals surface area contributed by atoms with E-state index in [1.54, 1.807) is 7.11 Å². The van der Waals surface area contributed by atoms with Crippen LogP contribution in [-0.4, -0.2) is 37.3 Å². The van der Waals surface area contributed by atoms with Crippen LogP contribution in [0.25, 0.3) is 0 Å². The van der Waals surface area contributed by atoms with Gasteiger partial charge in [-0.1, -0.05) is 42.5 Å². The summed E-state index contributed by atoms with van der Waals surface area (Å²) in [7, 11) is 1.68. The molecule has 0 spiro atoms. The Kier molecular flexibility index (Phi) is 3.46. The molecule has 26 heavy (non-hydrogen) atoms. The number of benzene rings is 2. The highest BCUT2D eigenvalue weighted by Gasteiger charge is 2.68. The molecule has 0 aliphatic carbocycles. The van der Waals surface area contributed by atoms with Crippen LogP contribution < -0.4 is 4.74 Å². The molecule has 0 N–H and O–H groups in total. The molecule has 5 nitrogen and oxygen atoms in total. The van der Waals surface area contributed by atoms with E-state index in [2.05, 4.69) is 36.9 Å². The van der Waals surface area contributed by atoms with Crippen LogP contribution in [0.4, 0.5) is 0 Å². The van der Waals surface area contributed by atoms with Crippen LogP contribution in [0.3, 0.4) is 0 Å². The molecule has 0 aromatic heterocycles. The van der Waals surface area contributed by atoms with E-state index in [1.165, 1.54) is 0 Å². The lowest BCUT2D eigenvalue weighted by molar-refractivity contribution is -0.138. The molecule has 3 aliphatic rings. The van der Waals surface area contributed by atoms with Crippen molar-refractivity contribution in [1.29, 1.82) is 0 Å². The second-order valence-corrected chi connectivity index (χ2v) is 7.49. The summed E-state index contributed by atoms with van der Waals surface area (Å²) in [5.41, 5.74) is 1.04. The molecule has 5 heteroatoms. The maximum atomic E-state index is 6.68. The van der Waals surface area contributed by atoms with E-state index in [-0.39, 0.29) is 18.7 Å². The first-order chi connectivity index (χ1) is 12.6. The van der Waals surface area contributed by atoms with Crippen LogP contribution in [0.1, 0.15) is 25.0 Å². The van der Waals surface area contributed by atoms with Gasteiger partial charge in [0.25, 0.3) is 0 Å². The minimum Gasteiger partial charge on any atom is -0.497 e. The van der Waals surface area contributed by atoms with Crippen molar-refractivity contribution in [2.45, 2.75) is 43.7 Å². The SMILES string of the molecule is COc1cccc([C@]2(C)O[C@@H]3N4[C@H](CO[C@H]42)O[C@@]3(C)c2ccccc2)c1. The maximum Gasteiger partial charge on any atom is 0.149 e. The lowest BCUT2D eigenvalue weighted by atomic mass is 9.94. The second-order valence-electron chi connectivity index (χ2n) is 7.49. The van der Waals surface area contributed by atoms with Gasteiger partial charge in [0.15, 0.2) is 0 Å². The average molecular weight is 353 g/mol. The van der Waals surface area contributed by atoms with E-state index in [1.807, 2.05) is 36.4 Å². The molecule has 2 aromatic rings. The van der Waals surface area contributed by atoms with Gasteiger partial charge in [0, 0.05) is 0 Å². The molecule has 2 aromatic carbocycles. The van der Waals surface area contributed by atoms with Crippen molar-refractivity contribution in [3.63, 3.8) is 0 Å². The zero-order chi connectivity index (χ0) is 17.9. The standard InChI is InChI=1S/C21H23NO4/c1-20(14-8-5-4-6-9-14)19-22-17(25-20)13-24-18(22)21(2,26-19)15-10-7-11-16(12-15)23-3/h4-12,17-19H,13H2,1-3H3/t17-,18-,19-,20-,21-/m0/s1. The fourth-order valence-corrected chi connectivity index (χ4v) is 4.52. The Balaban J connectivity index is 1.57. The Morgan fingerprint density at radius 3 is 2.42 bits per heavy atom. The van der Waals surface area contributed by atoms with Gasteiger partial charge in [0.2, 0.25) is 0 Å². The summed E-state index contributed by atoms with van der Waals surface area (Å²) in [6, 6.07) is 18.3. The van der Waals surface area contributed by atoms with Gasteiger partial charge in [-0.25, -0.2) is 4.90 Å². The third-order valence-corrected chi connectivity index (χ3v) is 5.94. The van der Waals surface area contributed by atoms with Crippen molar-refractivity contribution in [2.24, 2.45) is 0 Å². The molecule has 0 radical (unpaired) electrons. The van der Waals surface area contributed by atoms with Gasteiger partial charge in [-0.15, -0.1) is 0 Å². The van der Waals surface area contributed by atoms with Crippen molar-refractivity contribution in [3.05, 3.63) is 65.7 Å². The number of ether oxygens (including phenoxy) is 4. The fraction of sp³-hybridized carbons (Fsp3) is 0.429. The first-order valence-electron chi connectivity index (χ1n) is 9.01. The summed E-state index contributed by atoms with van der Waals surface area (Å²) in [5, 5.41) is 0. The van der Waals surface area contributed by atoms with E-state index in [0.29, 0.717) is 6.61 Å². The Bertz CT molecular complexity index is 828. The third kappa shape index (κ3) is 2.06. The van der Waals surface area contributed by atoms with E-state index >= 15 is 0 Å². The number of methoxy groups -OCH3 is 1. The summed E-state index contributed by atoms with van der Waals surface area (Å²) in [6.07, 6.45) is -0.489. The molecule has 0 bridgehead atoms. The molecule has 136 valence electrons. The lowest BCUT2D eigenvalue weighted by Gasteiger charge is -2.33. The van der Waals surface area contributed by atoms with Crippen LogP contribution in [0.2, 0.25) is 0 Å². The van der Waals surface area contributed by atoms with Gasteiger partial charge in [0.05, 0.1) is 13.7 Å². The third-order valence-electron chi connectivity index (χ3n) is 5.94. The number of hydrogen-bond donors (Lipinski definition) is 0. The van der Waals surface area contributed by atoms with Crippen molar-refractivity contribution >= 4 is 0 Å². The van der Waals surface area contributed by atoms with Crippen molar-refractivity contribution in [2.75, 3.05) is 13.7 Å². The van der Waals surface area contributed by atoms with Crippen LogP contribution in [0.5, 0.6) is 5.75 Å². The average Bonchev–Trinajstić information content (AvgIpc) is 3.31. The summed E-state index contributed by atoms with van der Waals surface area (Å²) in [4.78, 5) is 2.24. The molecule has 3 heterocycles. The zero-order valence-corrected chi connectivity index (χ0v) is 15.2. The van der Waals surface area contributed by atoms with Gasteiger partial charge in [-0.2, -0.15) is 0 Å². The van der Waals surface area contributed by atoms with Crippen molar-refractivity contribution < 1.29 is 18.9 Å². The minimum absolute atomic E-state index is 0.0948. The van der Waals surface area contributed by atoms with E-state index in [4.69, 9.17) is 18.9 Å². The number of hydrogen-bond acceptors (Lipinski definition) is 5. The Morgan fingerprint density at radius 1 is 0.923 bits per heavy atom. The predicted octanol–water partition coefficient (Wildman–Crippen LogP) is 3.20. The minimum atomic E-state index is -0.590. The zero-order valence-electron chi connectivity index (χ0n) is 15.2. The molecule has 3 aliphatic heterocycles. The Hall–Kier alpha value is -1.92. The summed E-state index contributed by atoms with van der Waals surface area (Å²) < 4.78 is 24.6. The van der Waals surface area contributed by atoms with Gasteiger partial charge in [-0.3, -0.25) is 0 Å². The van der Waals surface area contributed by atoms with Crippen LogP contribution in [0.15, 0.2) is 54.6 Å². The highest BCUT2D eigenvalue weighted by Crippen LogP contribution is 2.55. The molecule has 3 fully saturated rings. The Labute approximate surface area is 153 Å². The van der Waals surface area contributed by atoms with Gasteiger partial charge < -0.3 is 18.9 Å². The topological polar surface area (TPSA) is 40.2 Å². The number of nitrogens with zero attached hydrogens (tertiary/aromatic N) is 1. The fourth-order valence-electron chi connectivity index (χ4n) is 4.52. The van der Waals surface area contributed by atoms with E-state index in [9.17, 15) is 0 Å². The molecule has 0 amide bonds. The Morgan fingerprint density at radius 2 is 1.65 bits per heavy atom. The van der Waals surface area contributed by atoms with Crippen LogP contribution in [0, 0.1) is 0 Å². The van der Waals surface area contributed by atoms with Crippen LogP contribution in [-0.2, 0) is 25.4 Å². The monoisotopic (exact) mass is 353 g/mol. The summed E-state index contributed by atoms with van der Waals surface area (Å²) >= 11 is 0. The lowest BCUT2D eigenvalue weighted by Crippen LogP contribution is -2.40. The molecule has 5 rings (SSSR count). The maximum absolute atomic E-state index is 6.68. The normalized spacial score (nSPS) is 38.5. The number of rotatable bonds is 3. The quantitative estimate of drug-likeness (QED) is 0.847. The van der Waals surface area contributed by atoms with Gasteiger partial charge in [0.1, 0.15) is 35.6 Å².